The van der Waals surface area contributed by atoms with Crippen LogP contribution in [0.4, 0.5) is 8.78 Å². The molecule has 2 aromatic rings. The Balaban J connectivity index is 2.63. The van der Waals surface area contributed by atoms with E-state index >= 15 is 0 Å². The molecule has 0 aliphatic rings. The first-order valence-corrected chi connectivity index (χ1v) is 9.60. The highest BCUT2D eigenvalue weighted by atomic mass is 32.2. The van der Waals surface area contributed by atoms with Crippen LogP contribution in [0, 0.1) is 11.6 Å². The quantitative estimate of drug-likeness (QED) is 0.737. The van der Waals surface area contributed by atoms with Crippen LogP contribution in [0.5, 0.6) is 5.75 Å². The van der Waals surface area contributed by atoms with Gasteiger partial charge in [-0.05, 0) is 19.8 Å². The standard InChI is InChI=1S/C17H22F2N2O4S/c1-10(2)16-17(21(11(3)4)15(20-16)5-6-22)26(23,24)25-14-8-12(18)7-13(19)9-14/h7-11,22H,5-6H2,1-4H3. The van der Waals surface area contributed by atoms with Crippen molar-refractivity contribution in [1.82, 2.24) is 9.55 Å². The van der Waals surface area contributed by atoms with E-state index in [0.717, 1.165) is 12.1 Å². The molecule has 1 heterocycles. The minimum atomic E-state index is -4.41. The molecule has 0 amide bonds. The normalized spacial score (nSPS) is 12.2. The molecular weight excluding hydrogens is 366 g/mol. The van der Waals surface area contributed by atoms with Crippen molar-refractivity contribution in [3.63, 3.8) is 0 Å². The van der Waals surface area contributed by atoms with Gasteiger partial charge in [-0.15, -0.1) is 0 Å². The molecule has 1 aromatic carbocycles. The van der Waals surface area contributed by atoms with Gasteiger partial charge in [-0.25, -0.2) is 13.8 Å². The predicted molar refractivity (Wildman–Crippen MR) is 91.7 cm³/mol. The number of aliphatic hydroxyl groups is 1. The number of hydrogen-bond acceptors (Lipinski definition) is 5. The average molecular weight is 388 g/mol. The third-order valence-corrected chi connectivity index (χ3v) is 4.93. The van der Waals surface area contributed by atoms with Crippen LogP contribution in [-0.4, -0.2) is 29.7 Å². The van der Waals surface area contributed by atoms with Gasteiger partial charge >= 0.3 is 10.1 Å². The molecule has 0 radical (unpaired) electrons. The van der Waals surface area contributed by atoms with E-state index in [4.69, 9.17) is 4.18 Å². The summed E-state index contributed by atoms with van der Waals surface area (Å²) in [5, 5.41) is 9.08. The van der Waals surface area contributed by atoms with Crippen LogP contribution < -0.4 is 4.18 Å². The van der Waals surface area contributed by atoms with Gasteiger partial charge in [0.15, 0.2) is 5.03 Å². The molecule has 0 atom stereocenters. The Labute approximate surface area is 151 Å². The fraction of sp³-hybridized carbons (Fsp3) is 0.471. The van der Waals surface area contributed by atoms with Crippen molar-refractivity contribution in [2.75, 3.05) is 6.61 Å². The number of imidazole rings is 1. The van der Waals surface area contributed by atoms with E-state index in [1.54, 1.807) is 27.7 Å². The topological polar surface area (TPSA) is 81.4 Å². The van der Waals surface area contributed by atoms with Gasteiger partial charge < -0.3 is 13.9 Å². The third-order valence-electron chi connectivity index (χ3n) is 3.64. The molecule has 2 rings (SSSR count). The van der Waals surface area contributed by atoms with Crippen LogP contribution in [0.2, 0.25) is 0 Å². The Morgan fingerprint density at radius 2 is 1.73 bits per heavy atom. The molecule has 144 valence electrons. The number of nitrogens with zero attached hydrogens (tertiary/aromatic N) is 2. The maximum absolute atomic E-state index is 13.4. The monoisotopic (exact) mass is 388 g/mol. The van der Waals surface area contributed by atoms with Crippen LogP contribution in [0.15, 0.2) is 23.2 Å². The first kappa shape index (κ1) is 20.3. The lowest BCUT2D eigenvalue weighted by molar-refractivity contribution is 0.292. The SMILES string of the molecule is CC(C)c1nc(CCO)n(C(C)C)c1S(=O)(=O)Oc1cc(F)cc(F)c1. The summed E-state index contributed by atoms with van der Waals surface area (Å²) < 4.78 is 59.0. The van der Waals surface area contributed by atoms with Gasteiger partial charge in [0.2, 0.25) is 0 Å². The Morgan fingerprint density at radius 1 is 1.15 bits per heavy atom. The lowest BCUT2D eigenvalue weighted by Crippen LogP contribution is -2.20. The highest BCUT2D eigenvalue weighted by Gasteiger charge is 2.32. The predicted octanol–water partition coefficient (Wildman–Crippen LogP) is 3.17. The van der Waals surface area contributed by atoms with E-state index in [1.807, 2.05) is 0 Å². The molecule has 1 N–H and O–H groups in total. The third kappa shape index (κ3) is 4.21. The molecule has 6 nitrogen and oxygen atoms in total. The lowest BCUT2D eigenvalue weighted by atomic mass is 10.1. The molecule has 0 bridgehead atoms. The van der Waals surface area contributed by atoms with Crippen LogP contribution >= 0.6 is 0 Å². The highest BCUT2D eigenvalue weighted by Crippen LogP contribution is 2.30. The van der Waals surface area contributed by atoms with Crippen LogP contribution in [0.3, 0.4) is 0 Å². The largest absolute Gasteiger partial charge is 0.396 e. The maximum Gasteiger partial charge on any atom is 0.357 e. The fourth-order valence-electron chi connectivity index (χ4n) is 2.66. The molecule has 0 fully saturated rings. The zero-order valence-electron chi connectivity index (χ0n) is 15.0. The highest BCUT2D eigenvalue weighted by molar-refractivity contribution is 7.87. The van der Waals surface area contributed by atoms with Gasteiger partial charge in [0.1, 0.15) is 23.2 Å². The molecule has 9 heteroatoms. The van der Waals surface area contributed by atoms with Crippen molar-refractivity contribution in [1.29, 1.82) is 0 Å². The number of halogens is 2. The fourth-order valence-corrected chi connectivity index (χ4v) is 4.18. The lowest BCUT2D eigenvalue weighted by Gasteiger charge is -2.17. The number of aliphatic hydroxyl groups excluding tert-OH is 1. The molecule has 0 aliphatic heterocycles. The number of benzene rings is 1. The Morgan fingerprint density at radius 3 is 2.19 bits per heavy atom. The molecular formula is C17H22F2N2O4S. The van der Waals surface area contributed by atoms with Crippen LogP contribution in [0.25, 0.3) is 0 Å². The summed E-state index contributed by atoms with van der Waals surface area (Å²) in [6.45, 7) is 6.89. The van der Waals surface area contributed by atoms with Gasteiger partial charge in [0.25, 0.3) is 0 Å². The summed E-state index contributed by atoms with van der Waals surface area (Å²) in [6.07, 6.45) is 0.169. The Hall–Kier alpha value is -2.00. The summed E-state index contributed by atoms with van der Waals surface area (Å²) in [4.78, 5) is 4.36. The summed E-state index contributed by atoms with van der Waals surface area (Å²) in [5.41, 5.74) is 0.277. The Bertz CT molecular complexity index is 872. The molecule has 0 unspecified atom stereocenters. The first-order valence-electron chi connectivity index (χ1n) is 8.19. The van der Waals surface area contributed by atoms with E-state index in [0.29, 0.717) is 11.9 Å². The smallest absolute Gasteiger partial charge is 0.357 e. The average Bonchev–Trinajstić information content (AvgIpc) is 2.86. The van der Waals surface area contributed by atoms with E-state index in [-0.39, 0.29) is 35.7 Å². The minimum Gasteiger partial charge on any atom is -0.396 e. The van der Waals surface area contributed by atoms with E-state index in [9.17, 15) is 22.3 Å². The summed E-state index contributed by atoms with van der Waals surface area (Å²) in [7, 11) is -4.41. The van der Waals surface area contributed by atoms with E-state index in [2.05, 4.69) is 4.98 Å². The van der Waals surface area contributed by atoms with Crippen molar-refractivity contribution < 1.29 is 26.5 Å². The minimum absolute atomic E-state index is 0.169. The molecule has 0 aliphatic carbocycles. The van der Waals surface area contributed by atoms with Gasteiger partial charge in [-0.3, -0.25) is 0 Å². The molecule has 0 saturated carbocycles. The second-order valence-corrected chi connectivity index (χ2v) is 7.91. The Kier molecular flexibility index (Phi) is 6.02. The first-order chi connectivity index (χ1) is 12.1. The summed E-state index contributed by atoms with van der Waals surface area (Å²) in [5.74, 6) is -2.20. The van der Waals surface area contributed by atoms with Gasteiger partial charge in [-0.1, -0.05) is 13.8 Å². The van der Waals surface area contributed by atoms with Gasteiger partial charge in [-0.2, -0.15) is 8.42 Å². The van der Waals surface area contributed by atoms with Gasteiger partial charge in [0, 0.05) is 30.7 Å². The van der Waals surface area contributed by atoms with Crippen molar-refractivity contribution >= 4 is 10.1 Å². The number of aromatic nitrogens is 2. The van der Waals surface area contributed by atoms with Crippen molar-refractivity contribution in [3.05, 3.63) is 41.4 Å². The van der Waals surface area contributed by atoms with Crippen LogP contribution in [0.1, 0.15) is 51.2 Å². The van der Waals surface area contributed by atoms with Crippen LogP contribution in [-0.2, 0) is 16.5 Å². The number of hydrogen-bond donors (Lipinski definition) is 1. The summed E-state index contributed by atoms with van der Waals surface area (Å²) in [6, 6.07) is 1.92. The zero-order chi connectivity index (χ0) is 19.6. The second-order valence-electron chi connectivity index (χ2n) is 6.45. The van der Waals surface area contributed by atoms with Crippen molar-refractivity contribution in [3.8, 4) is 5.75 Å². The van der Waals surface area contributed by atoms with E-state index in [1.165, 1.54) is 4.57 Å². The molecule has 26 heavy (non-hydrogen) atoms. The van der Waals surface area contributed by atoms with Crippen molar-refractivity contribution in [2.24, 2.45) is 0 Å². The second kappa shape index (κ2) is 7.71. The molecule has 0 spiro atoms. The summed E-state index contributed by atoms with van der Waals surface area (Å²) >= 11 is 0. The van der Waals surface area contributed by atoms with Crippen molar-refractivity contribution in [2.45, 2.75) is 51.1 Å². The van der Waals surface area contributed by atoms with E-state index < -0.39 is 27.5 Å². The zero-order valence-corrected chi connectivity index (χ0v) is 15.8. The van der Waals surface area contributed by atoms with Gasteiger partial charge in [0.05, 0.1) is 12.3 Å². The molecule has 0 saturated heterocycles. The molecule has 1 aromatic heterocycles. The number of rotatable bonds is 7. The maximum atomic E-state index is 13.4.